The fourth-order valence-electron chi connectivity index (χ4n) is 3.16. The van der Waals surface area contributed by atoms with Crippen molar-refractivity contribution in [1.29, 1.82) is 5.26 Å². The minimum Gasteiger partial charge on any atom is -0.490 e. The second-order valence-corrected chi connectivity index (χ2v) is 8.02. The van der Waals surface area contributed by atoms with Crippen LogP contribution < -0.4 is 4.74 Å². The summed E-state index contributed by atoms with van der Waals surface area (Å²) in [7, 11) is 0. The maximum atomic E-state index is 10.6. The second kappa shape index (κ2) is 8.47. The predicted octanol–water partition coefficient (Wildman–Crippen LogP) is 4.08. The highest BCUT2D eigenvalue weighted by atomic mass is 16.5. The lowest BCUT2D eigenvalue weighted by Gasteiger charge is -2.37. The molecule has 28 heavy (non-hydrogen) atoms. The van der Waals surface area contributed by atoms with Crippen molar-refractivity contribution in [2.24, 2.45) is 0 Å². The minimum atomic E-state index is -0.619. The summed E-state index contributed by atoms with van der Waals surface area (Å²) in [6, 6.07) is 17.6. The zero-order valence-electron chi connectivity index (χ0n) is 16.6. The van der Waals surface area contributed by atoms with Gasteiger partial charge in [-0.2, -0.15) is 5.26 Å². The van der Waals surface area contributed by atoms with Gasteiger partial charge in [0.05, 0.1) is 11.6 Å². The Morgan fingerprint density at radius 1 is 1.14 bits per heavy atom. The first kappa shape index (κ1) is 19.9. The summed E-state index contributed by atoms with van der Waals surface area (Å²) < 4.78 is 5.90. The van der Waals surface area contributed by atoms with E-state index in [1.54, 1.807) is 0 Å². The molecule has 1 atom stereocenters. The number of hydrogen-bond acceptors (Lipinski definition) is 4. The molecule has 2 aromatic carbocycles. The monoisotopic (exact) mass is 377 g/mol. The van der Waals surface area contributed by atoms with Crippen molar-refractivity contribution in [1.82, 2.24) is 9.88 Å². The SMILES string of the molecule is CC(C)(C)N(Cc1ccc(C#N)cc1)CC(O)COc1cccc2[nH]ccc12. The first-order valence-corrected chi connectivity index (χ1v) is 9.48. The number of ether oxygens (including phenoxy) is 1. The van der Waals surface area contributed by atoms with Crippen LogP contribution in [0, 0.1) is 11.3 Å². The number of β-amino-alcohol motifs (C(OH)–C–C–N with tert-alkyl or cyclic N) is 1. The van der Waals surface area contributed by atoms with Gasteiger partial charge in [0.15, 0.2) is 0 Å². The van der Waals surface area contributed by atoms with Crippen LogP contribution in [0.5, 0.6) is 5.75 Å². The molecule has 1 heterocycles. The Labute approximate surface area is 166 Å². The van der Waals surface area contributed by atoms with Crippen LogP contribution in [0.3, 0.4) is 0 Å². The highest BCUT2D eigenvalue weighted by molar-refractivity contribution is 5.85. The van der Waals surface area contributed by atoms with Crippen molar-refractivity contribution in [3.05, 3.63) is 65.9 Å². The molecule has 3 aromatic rings. The average molecular weight is 377 g/mol. The maximum absolute atomic E-state index is 10.6. The molecule has 2 N–H and O–H groups in total. The van der Waals surface area contributed by atoms with Crippen molar-refractivity contribution in [3.63, 3.8) is 0 Å². The van der Waals surface area contributed by atoms with Gasteiger partial charge in [0, 0.05) is 35.7 Å². The van der Waals surface area contributed by atoms with Gasteiger partial charge in [0.25, 0.3) is 0 Å². The molecule has 0 fully saturated rings. The molecule has 3 rings (SSSR count). The highest BCUT2D eigenvalue weighted by Gasteiger charge is 2.24. The lowest BCUT2D eigenvalue weighted by Crippen LogP contribution is -2.46. The van der Waals surface area contributed by atoms with Crippen LogP contribution >= 0.6 is 0 Å². The number of aromatic amines is 1. The van der Waals surface area contributed by atoms with E-state index in [9.17, 15) is 5.11 Å². The van der Waals surface area contributed by atoms with Crippen LogP contribution in [0.15, 0.2) is 54.7 Å². The van der Waals surface area contributed by atoms with E-state index in [4.69, 9.17) is 10.00 Å². The molecular weight excluding hydrogens is 350 g/mol. The fourth-order valence-corrected chi connectivity index (χ4v) is 3.16. The third-order valence-corrected chi connectivity index (χ3v) is 4.82. The standard InChI is InChI=1S/C23H27N3O2/c1-23(2,3)26(14-18-9-7-17(13-24)8-10-18)15-19(27)16-28-22-6-4-5-21-20(22)11-12-25-21/h4-12,19,25,27H,14-16H2,1-3H3. The van der Waals surface area contributed by atoms with Crippen LogP contribution in [-0.4, -0.2) is 39.8 Å². The zero-order valence-corrected chi connectivity index (χ0v) is 16.6. The van der Waals surface area contributed by atoms with Crippen LogP contribution in [-0.2, 0) is 6.54 Å². The molecule has 0 aliphatic heterocycles. The first-order valence-electron chi connectivity index (χ1n) is 9.48. The Kier molecular flexibility index (Phi) is 6.03. The Morgan fingerprint density at radius 2 is 1.89 bits per heavy atom. The van der Waals surface area contributed by atoms with Crippen molar-refractivity contribution in [2.75, 3.05) is 13.2 Å². The van der Waals surface area contributed by atoms with Crippen LogP contribution in [0.1, 0.15) is 31.9 Å². The summed E-state index contributed by atoms with van der Waals surface area (Å²) in [5.41, 5.74) is 2.66. The summed E-state index contributed by atoms with van der Waals surface area (Å²) in [5, 5.41) is 20.6. The van der Waals surface area contributed by atoms with E-state index in [1.807, 2.05) is 54.7 Å². The molecule has 1 aromatic heterocycles. The molecule has 0 amide bonds. The Bertz CT molecular complexity index is 948. The van der Waals surface area contributed by atoms with Gasteiger partial charge in [-0.25, -0.2) is 0 Å². The molecule has 0 bridgehead atoms. The molecule has 5 heteroatoms. The molecule has 0 radical (unpaired) electrons. The Balaban J connectivity index is 1.63. The first-order chi connectivity index (χ1) is 13.4. The van der Waals surface area contributed by atoms with Gasteiger partial charge in [-0.05, 0) is 56.7 Å². The number of aliphatic hydroxyl groups is 1. The number of nitrogens with zero attached hydrogens (tertiary/aromatic N) is 2. The molecule has 0 saturated carbocycles. The van der Waals surface area contributed by atoms with E-state index in [1.165, 1.54) is 0 Å². The van der Waals surface area contributed by atoms with Crippen molar-refractivity contribution >= 4 is 10.9 Å². The van der Waals surface area contributed by atoms with Crippen LogP contribution in [0.4, 0.5) is 0 Å². The number of rotatable bonds is 7. The molecule has 5 nitrogen and oxygen atoms in total. The number of hydrogen-bond donors (Lipinski definition) is 2. The summed E-state index contributed by atoms with van der Waals surface area (Å²) in [5.74, 6) is 0.771. The quantitative estimate of drug-likeness (QED) is 0.651. The molecular formula is C23H27N3O2. The van der Waals surface area contributed by atoms with Crippen LogP contribution in [0.25, 0.3) is 10.9 Å². The summed E-state index contributed by atoms with van der Waals surface area (Å²) >= 11 is 0. The van der Waals surface area contributed by atoms with Crippen molar-refractivity contribution in [2.45, 2.75) is 39.0 Å². The average Bonchev–Trinajstić information content (AvgIpc) is 3.15. The van der Waals surface area contributed by atoms with E-state index >= 15 is 0 Å². The molecule has 146 valence electrons. The smallest absolute Gasteiger partial charge is 0.128 e. The molecule has 0 saturated heterocycles. The number of aromatic nitrogens is 1. The third-order valence-electron chi connectivity index (χ3n) is 4.82. The van der Waals surface area contributed by atoms with E-state index < -0.39 is 6.10 Å². The van der Waals surface area contributed by atoms with Gasteiger partial charge < -0.3 is 14.8 Å². The number of nitriles is 1. The van der Waals surface area contributed by atoms with Gasteiger partial charge in [0.1, 0.15) is 18.5 Å². The van der Waals surface area contributed by atoms with Gasteiger partial charge in [-0.1, -0.05) is 18.2 Å². The van der Waals surface area contributed by atoms with E-state index in [2.05, 4.69) is 36.7 Å². The molecule has 0 spiro atoms. The van der Waals surface area contributed by atoms with E-state index in [0.29, 0.717) is 18.7 Å². The molecule has 0 aliphatic carbocycles. The van der Waals surface area contributed by atoms with E-state index in [0.717, 1.165) is 22.2 Å². The Hall–Kier alpha value is -2.81. The van der Waals surface area contributed by atoms with Gasteiger partial charge in [0.2, 0.25) is 0 Å². The lowest BCUT2D eigenvalue weighted by molar-refractivity contribution is 0.0288. The maximum Gasteiger partial charge on any atom is 0.128 e. The number of H-pyrrole nitrogens is 1. The molecule has 1 unspecified atom stereocenters. The normalized spacial score (nSPS) is 12.9. The summed E-state index contributed by atoms with van der Waals surface area (Å²) in [6.45, 7) is 7.80. The lowest BCUT2D eigenvalue weighted by atomic mass is 10.0. The number of nitrogens with one attached hydrogen (secondary N) is 1. The highest BCUT2D eigenvalue weighted by Crippen LogP contribution is 2.25. The summed E-state index contributed by atoms with van der Waals surface area (Å²) in [4.78, 5) is 5.39. The summed E-state index contributed by atoms with van der Waals surface area (Å²) in [6.07, 6.45) is 1.26. The number of fused-ring (bicyclic) bond motifs is 1. The van der Waals surface area contributed by atoms with Gasteiger partial charge >= 0.3 is 0 Å². The predicted molar refractivity (Wildman–Crippen MR) is 111 cm³/mol. The number of aliphatic hydroxyl groups excluding tert-OH is 1. The third kappa shape index (κ3) is 4.92. The largest absolute Gasteiger partial charge is 0.490 e. The Morgan fingerprint density at radius 3 is 2.57 bits per heavy atom. The van der Waals surface area contributed by atoms with Gasteiger partial charge in [-0.15, -0.1) is 0 Å². The number of benzene rings is 2. The second-order valence-electron chi connectivity index (χ2n) is 8.02. The van der Waals surface area contributed by atoms with Crippen LogP contribution in [0.2, 0.25) is 0 Å². The van der Waals surface area contributed by atoms with E-state index in [-0.39, 0.29) is 12.1 Å². The molecule has 0 aliphatic rings. The minimum absolute atomic E-state index is 0.116. The fraction of sp³-hybridized carbons (Fsp3) is 0.348. The topological polar surface area (TPSA) is 72.3 Å². The van der Waals surface area contributed by atoms with Crippen molar-refractivity contribution in [3.8, 4) is 11.8 Å². The van der Waals surface area contributed by atoms with Gasteiger partial charge in [-0.3, -0.25) is 4.90 Å². The van der Waals surface area contributed by atoms with Crippen molar-refractivity contribution < 1.29 is 9.84 Å². The zero-order chi connectivity index (χ0) is 20.1.